The van der Waals surface area contributed by atoms with E-state index in [0.29, 0.717) is 0 Å². The summed E-state index contributed by atoms with van der Waals surface area (Å²) in [4.78, 5) is 28.0. The lowest BCUT2D eigenvalue weighted by atomic mass is 9.90. The molecule has 4 atom stereocenters. The molecule has 0 aromatic carbocycles. The van der Waals surface area contributed by atoms with Gasteiger partial charge in [0.05, 0.1) is 11.6 Å². The predicted molar refractivity (Wildman–Crippen MR) is 92.3 cm³/mol. The van der Waals surface area contributed by atoms with E-state index >= 15 is 0 Å². The standard InChI is InChI=1S/C19H25NO5/c1-10(2)18(22)24-15(12(4)23-13(5)21)9-14-8-11(3)17-19(14)16(25-19)6-7-20-17/h8-10,12,15-16H,6-7H2,1-5H3/b14-9-/t12?,15?,16-,19-/m1/s1. The predicted octanol–water partition coefficient (Wildman–Crippen LogP) is 2.37. The van der Waals surface area contributed by atoms with Crippen molar-refractivity contribution >= 4 is 17.7 Å². The summed E-state index contributed by atoms with van der Waals surface area (Å²) in [7, 11) is 0. The van der Waals surface area contributed by atoms with Crippen molar-refractivity contribution in [1.82, 2.24) is 0 Å². The van der Waals surface area contributed by atoms with Crippen LogP contribution >= 0.6 is 0 Å². The normalized spacial score (nSPS) is 30.8. The molecule has 6 heteroatoms. The summed E-state index contributed by atoms with van der Waals surface area (Å²) >= 11 is 0. The molecule has 1 fully saturated rings. The first-order valence-corrected chi connectivity index (χ1v) is 8.77. The van der Waals surface area contributed by atoms with E-state index in [1.54, 1.807) is 20.8 Å². The Hall–Kier alpha value is -1.95. The highest BCUT2D eigenvalue weighted by atomic mass is 16.6. The van der Waals surface area contributed by atoms with Gasteiger partial charge in [0.25, 0.3) is 0 Å². The van der Waals surface area contributed by atoms with E-state index in [4.69, 9.17) is 14.2 Å². The summed E-state index contributed by atoms with van der Waals surface area (Å²) in [5.74, 6) is -1.00. The van der Waals surface area contributed by atoms with Gasteiger partial charge in [-0.15, -0.1) is 0 Å². The van der Waals surface area contributed by atoms with Gasteiger partial charge in [-0.1, -0.05) is 19.9 Å². The van der Waals surface area contributed by atoms with Crippen molar-refractivity contribution in [1.29, 1.82) is 0 Å². The van der Waals surface area contributed by atoms with Gasteiger partial charge >= 0.3 is 11.9 Å². The van der Waals surface area contributed by atoms with Gasteiger partial charge in [-0.05, 0) is 37.5 Å². The van der Waals surface area contributed by atoms with Crippen molar-refractivity contribution in [2.75, 3.05) is 6.54 Å². The Bertz CT molecular complexity index is 690. The zero-order valence-electron chi connectivity index (χ0n) is 15.4. The number of epoxide rings is 1. The maximum atomic E-state index is 12.1. The highest BCUT2D eigenvalue weighted by molar-refractivity contribution is 6.15. The Morgan fingerprint density at radius 3 is 2.72 bits per heavy atom. The SMILES string of the molecule is CC(=O)OC(C)C(/C=C1/C=C(C)C2=NCC[C@H]3O[C@]213)OC(=O)C(C)C. The quantitative estimate of drug-likeness (QED) is 0.564. The fourth-order valence-corrected chi connectivity index (χ4v) is 3.50. The van der Waals surface area contributed by atoms with Gasteiger partial charge in [0.15, 0.2) is 11.7 Å². The van der Waals surface area contributed by atoms with E-state index in [9.17, 15) is 9.59 Å². The number of hydrogen-bond acceptors (Lipinski definition) is 6. The first-order chi connectivity index (χ1) is 11.8. The molecule has 0 bridgehead atoms. The van der Waals surface area contributed by atoms with E-state index in [1.807, 2.05) is 19.1 Å². The van der Waals surface area contributed by atoms with E-state index in [-0.39, 0.29) is 18.0 Å². The molecular formula is C19H25NO5. The van der Waals surface area contributed by atoms with E-state index in [2.05, 4.69) is 4.99 Å². The molecule has 25 heavy (non-hydrogen) atoms. The summed E-state index contributed by atoms with van der Waals surface area (Å²) in [6, 6.07) is 0. The lowest BCUT2D eigenvalue weighted by Crippen LogP contribution is -2.35. The average molecular weight is 347 g/mol. The van der Waals surface area contributed by atoms with Gasteiger partial charge in [0.1, 0.15) is 12.2 Å². The molecule has 0 N–H and O–H groups in total. The zero-order chi connectivity index (χ0) is 18.4. The van der Waals surface area contributed by atoms with Crippen LogP contribution in [0.25, 0.3) is 0 Å². The topological polar surface area (TPSA) is 77.5 Å². The maximum Gasteiger partial charge on any atom is 0.309 e. The molecule has 2 heterocycles. The first-order valence-electron chi connectivity index (χ1n) is 8.77. The monoisotopic (exact) mass is 347 g/mol. The Morgan fingerprint density at radius 1 is 1.36 bits per heavy atom. The highest BCUT2D eigenvalue weighted by Crippen LogP contribution is 2.54. The second kappa shape index (κ2) is 6.41. The molecule has 1 saturated heterocycles. The van der Waals surface area contributed by atoms with Crippen molar-refractivity contribution < 1.29 is 23.8 Å². The molecule has 2 unspecified atom stereocenters. The van der Waals surface area contributed by atoms with E-state index in [1.165, 1.54) is 6.92 Å². The van der Waals surface area contributed by atoms with Crippen molar-refractivity contribution in [3.8, 4) is 0 Å². The number of esters is 2. The molecule has 6 nitrogen and oxygen atoms in total. The van der Waals surface area contributed by atoms with Crippen LogP contribution in [0, 0.1) is 5.92 Å². The summed E-state index contributed by atoms with van der Waals surface area (Å²) in [5.41, 5.74) is 2.50. The van der Waals surface area contributed by atoms with Crippen LogP contribution in [0.2, 0.25) is 0 Å². The molecule has 1 spiro atoms. The Balaban J connectivity index is 1.90. The summed E-state index contributed by atoms with van der Waals surface area (Å²) in [5, 5.41) is 0. The van der Waals surface area contributed by atoms with Crippen LogP contribution in [0.3, 0.4) is 0 Å². The van der Waals surface area contributed by atoms with Crippen LogP contribution in [0.15, 0.2) is 28.3 Å². The molecule has 2 aliphatic heterocycles. The van der Waals surface area contributed by atoms with Crippen LogP contribution in [0.1, 0.15) is 41.0 Å². The number of hydrogen-bond donors (Lipinski definition) is 0. The second-order valence-corrected chi connectivity index (χ2v) is 7.18. The third-order valence-corrected chi connectivity index (χ3v) is 4.79. The number of ether oxygens (including phenoxy) is 3. The minimum atomic E-state index is -0.668. The van der Waals surface area contributed by atoms with Gasteiger partial charge in [0.2, 0.25) is 0 Å². The fraction of sp³-hybridized carbons (Fsp3) is 0.632. The number of rotatable bonds is 5. The van der Waals surface area contributed by atoms with Crippen LogP contribution in [-0.2, 0) is 23.8 Å². The minimum Gasteiger partial charge on any atom is -0.459 e. The fourth-order valence-electron chi connectivity index (χ4n) is 3.50. The molecule has 0 saturated carbocycles. The molecule has 3 rings (SSSR count). The Kier molecular flexibility index (Phi) is 4.58. The van der Waals surface area contributed by atoms with Crippen LogP contribution in [0.4, 0.5) is 0 Å². The van der Waals surface area contributed by atoms with Crippen molar-refractivity contribution in [3.63, 3.8) is 0 Å². The molecule has 0 amide bonds. The molecule has 0 aromatic heterocycles. The number of nitrogens with zero attached hydrogens (tertiary/aromatic N) is 1. The van der Waals surface area contributed by atoms with Crippen LogP contribution < -0.4 is 0 Å². The smallest absolute Gasteiger partial charge is 0.309 e. The van der Waals surface area contributed by atoms with E-state index in [0.717, 1.165) is 29.8 Å². The van der Waals surface area contributed by atoms with Crippen molar-refractivity contribution in [2.24, 2.45) is 10.9 Å². The summed E-state index contributed by atoms with van der Waals surface area (Å²) in [6.45, 7) is 9.39. The van der Waals surface area contributed by atoms with Gasteiger partial charge in [-0.3, -0.25) is 14.6 Å². The highest BCUT2D eigenvalue weighted by Gasteiger charge is 2.65. The second-order valence-electron chi connectivity index (χ2n) is 7.18. The largest absolute Gasteiger partial charge is 0.459 e. The molecular weight excluding hydrogens is 322 g/mol. The van der Waals surface area contributed by atoms with Gasteiger partial charge in [-0.25, -0.2) is 0 Å². The molecule has 0 radical (unpaired) electrons. The van der Waals surface area contributed by atoms with Gasteiger partial charge in [-0.2, -0.15) is 0 Å². The van der Waals surface area contributed by atoms with E-state index < -0.39 is 23.8 Å². The first kappa shape index (κ1) is 17.9. The molecule has 0 aromatic rings. The lowest BCUT2D eigenvalue weighted by molar-refractivity contribution is -0.164. The van der Waals surface area contributed by atoms with Crippen molar-refractivity contribution in [2.45, 2.75) is 65.0 Å². The zero-order valence-corrected chi connectivity index (χ0v) is 15.4. The molecule has 1 aliphatic carbocycles. The summed E-state index contributed by atoms with van der Waals surface area (Å²) in [6.07, 6.45) is 3.65. The minimum absolute atomic E-state index is 0.130. The van der Waals surface area contributed by atoms with Gasteiger partial charge in [0, 0.05) is 13.5 Å². The van der Waals surface area contributed by atoms with Crippen LogP contribution in [-0.4, -0.2) is 48.1 Å². The van der Waals surface area contributed by atoms with Crippen molar-refractivity contribution in [3.05, 3.63) is 23.3 Å². The lowest BCUT2D eigenvalue weighted by Gasteiger charge is -2.23. The van der Waals surface area contributed by atoms with Crippen LogP contribution in [0.5, 0.6) is 0 Å². The average Bonchev–Trinajstić information content (AvgIpc) is 3.21. The van der Waals surface area contributed by atoms with Gasteiger partial charge < -0.3 is 14.2 Å². The third kappa shape index (κ3) is 3.15. The summed E-state index contributed by atoms with van der Waals surface area (Å²) < 4.78 is 16.8. The third-order valence-electron chi connectivity index (χ3n) is 4.79. The Labute approximate surface area is 147 Å². The number of aliphatic imine (C=N–C) groups is 1. The number of carbonyl (C=O) groups excluding carboxylic acids is 2. The molecule has 136 valence electrons. The maximum absolute atomic E-state index is 12.1. The Morgan fingerprint density at radius 2 is 2.08 bits per heavy atom. The molecule has 3 aliphatic rings. The number of carbonyl (C=O) groups is 2.